The molecule has 4 nitrogen and oxygen atoms in total. The number of rotatable bonds is 5. The normalized spacial score (nSPS) is 12.2. The summed E-state index contributed by atoms with van der Waals surface area (Å²) in [5, 5.41) is 12.6. The molecule has 0 aliphatic carbocycles. The maximum atomic E-state index is 12.1. The van der Waals surface area contributed by atoms with Crippen molar-refractivity contribution in [1.82, 2.24) is 10.2 Å². The molecule has 0 radical (unpaired) electrons. The average Bonchev–Trinajstić information content (AvgIpc) is 2.89. The zero-order valence-corrected chi connectivity index (χ0v) is 13.5. The van der Waals surface area contributed by atoms with Crippen LogP contribution in [0.4, 0.5) is 5.13 Å². The van der Waals surface area contributed by atoms with Crippen LogP contribution in [-0.4, -0.2) is 21.4 Å². The molecule has 20 heavy (non-hydrogen) atoms. The third-order valence-corrected chi connectivity index (χ3v) is 4.84. The molecule has 0 saturated carbocycles. The Balaban J connectivity index is 1.93. The van der Waals surface area contributed by atoms with Crippen LogP contribution in [0.15, 0.2) is 29.2 Å². The maximum absolute atomic E-state index is 12.1. The van der Waals surface area contributed by atoms with E-state index < -0.39 is 0 Å². The van der Waals surface area contributed by atoms with Crippen LogP contribution < -0.4 is 5.32 Å². The molecule has 0 saturated heterocycles. The largest absolute Gasteiger partial charge is 0.300 e. The fourth-order valence-corrected chi connectivity index (χ4v) is 3.10. The molecular formula is C13H14ClN3OS2. The van der Waals surface area contributed by atoms with Crippen molar-refractivity contribution in [2.24, 2.45) is 0 Å². The highest BCUT2D eigenvalue weighted by Gasteiger charge is 2.16. The van der Waals surface area contributed by atoms with Crippen molar-refractivity contribution in [1.29, 1.82) is 0 Å². The lowest BCUT2D eigenvalue weighted by Crippen LogP contribution is -2.22. The molecule has 2 aromatic rings. The molecule has 2 rings (SSSR count). The van der Waals surface area contributed by atoms with Gasteiger partial charge in [-0.2, -0.15) is 0 Å². The summed E-state index contributed by atoms with van der Waals surface area (Å²) < 4.78 is 0. The number of hydrogen-bond donors (Lipinski definition) is 1. The van der Waals surface area contributed by atoms with Crippen LogP contribution in [0, 0.1) is 0 Å². The lowest BCUT2D eigenvalue weighted by molar-refractivity contribution is -0.115. The van der Waals surface area contributed by atoms with E-state index in [0.717, 1.165) is 16.3 Å². The monoisotopic (exact) mass is 327 g/mol. The van der Waals surface area contributed by atoms with Gasteiger partial charge in [-0.05, 0) is 37.6 Å². The summed E-state index contributed by atoms with van der Waals surface area (Å²) in [5.74, 6) is -0.0799. The molecule has 0 fully saturated rings. The van der Waals surface area contributed by atoms with Crippen molar-refractivity contribution in [2.45, 2.75) is 30.4 Å². The third-order valence-electron chi connectivity index (χ3n) is 2.50. The Bertz CT molecular complexity index is 586. The highest BCUT2D eigenvalue weighted by atomic mass is 35.5. The van der Waals surface area contributed by atoms with Crippen LogP contribution in [0.1, 0.15) is 18.9 Å². The van der Waals surface area contributed by atoms with E-state index in [1.165, 1.54) is 23.1 Å². The summed E-state index contributed by atoms with van der Waals surface area (Å²) in [6.45, 7) is 3.86. The zero-order valence-electron chi connectivity index (χ0n) is 11.1. The van der Waals surface area contributed by atoms with Gasteiger partial charge in [0.15, 0.2) is 0 Å². The topological polar surface area (TPSA) is 54.9 Å². The van der Waals surface area contributed by atoms with Crippen LogP contribution in [-0.2, 0) is 11.2 Å². The number of hydrogen-bond acceptors (Lipinski definition) is 5. The number of benzene rings is 1. The number of aryl methyl sites for hydroxylation is 1. The number of thioether (sulfide) groups is 1. The summed E-state index contributed by atoms with van der Waals surface area (Å²) in [6, 6.07) is 7.42. The summed E-state index contributed by atoms with van der Waals surface area (Å²) >= 11 is 8.72. The maximum Gasteiger partial charge on any atom is 0.239 e. The molecule has 0 bridgehead atoms. The van der Waals surface area contributed by atoms with E-state index in [2.05, 4.69) is 15.5 Å². The molecule has 1 amide bonds. The van der Waals surface area contributed by atoms with Gasteiger partial charge in [0.2, 0.25) is 11.0 Å². The summed E-state index contributed by atoms with van der Waals surface area (Å²) in [6.07, 6.45) is 0.822. The van der Waals surface area contributed by atoms with Crippen LogP contribution in [0.25, 0.3) is 0 Å². The van der Waals surface area contributed by atoms with Gasteiger partial charge in [-0.3, -0.25) is 10.1 Å². The smallest absolute Gasteiger partial charge is 0.239 e. The highest BCUT2D eigenvalue weighted by molar-refractivity contribution is 8.00. The van der Waals surface area contributed by atoms with Crippen molar-refractivity contribution < 1.29 is 4.79 Å². The third kappa shape index (κ3) is 4.19. The van der Waals surface area contributed by atoms with Gasteiger partial charge in [-0.1, -0.05) is 29.9 Å². The van der Waals surface area contributed by atoms with Crippen LogP contribution >= 0.6 is 34.7 Å². The molecule has 1 heterocycles. The van der Waals surface area contributed by atoms with Gasteiger partial charge < -0.3 is 0 Å². The fraction of sp³-hybridized carbons (Fsp3) is 0.308. The number of halogens is 1. The van der Waals surface area contributed by atoms with Crippen molar-refractivity contribution >= 4 is 45.7 Å². The zero-order chi connectivity index (χ0) is 14.5. The van der Waals surface area contributed by atoms with E-state index >= 15 is 0 Å². The molecule has 1 atom stereocenters. The van der Waals surface area contributed by atoms with E-state index in [0.29, 0.717) is 10.2 Å². The second kappa shape index (κ2) is 7.06. The molecule has 106 valence electrons. The highest BCUT2D eigenvalue weighted by Crippen LogP contribution is 2.26. The van der Waals surface area contributed by atoms with E-state index in [1.807, 2.05) is 38.1 Å². The lowest BCUT2D eigenvalue weighted by Gasteiger charge is -2.10. The number of nitrogens with zero attached hydrogens (tertiary/aromatic N) is 2. The van der Waals surface area contributed by atoms with Gasteiger partial charge in [-0.15, -0.1) is 22.0 Å². The average molecular weight is 328 g/mol. The first-order valence-corrected chi connectivity index (χ1v) is 8.21. The van der Waals surface area contributed by atoms with Gasteiger partial charge >= 0.3 is 0 Å². The first kappa shape index (κ1) is 15.3. The summed E-state index contributed by atoms with van der Waals surface area (Å²) in [7, 11) is 0. The Kier molecular flexibility index (Phi) is 5.39. The Hall–Kier alpha value is -1.11. The van der Waals surface area contributed by atoms with Gasteiger partial charge in [0, 0.05) is 9.92 Å². The first-order chi connectivity index (χ1) is 9.58. The summed E-state index contributed by atoms with van der Waals surface area (Å²) in [5.41, 5.74) is 0. The van der Waals surface area contributed by atoms with Gasteiger partial charge in [0.05, 0.1) is 5.25 Å². The van der Waals surface area contributed by atoms with E-state index in [-0.39, 0.29) is 11.2 Å². The van der Waals surface area contributed by atoms with E-state index in [9.17, 15) is 4.79 Å². The SMILES string of the molecule is CCc1nnc(NC(=O)[C@H](C)Sc2ccc(Cl)cc2)s1. The van der Waals surface area contributed by atoms with Gasteiger partial charge in [0.25, 0.3) is 0 Å². The van der Waals surface area contributed by atoms with Crippen molar-refractivity contribution in [2.75, 3.05) is 5.32 Å². The first-order valence-electron chi connectivity index (χ1n) is 6.14. The minimum Gasteiger partial charge on any atom is -0.300 e. The number of nitrogens with one attached hydrogen (secondary N) is 1. The van der Waals surface area contributed by atoms with Gasteiger partial charge in [0.1, 0.15) is 5.01 Å². The number of anilines is 1. The number of carbonyl (C=O) groups is 1. The lowest BCUT2D eigenvalue weighted by atomic mass is 10.4. The predicted octanol–water partition coefficient (Wildman–Crippen LogP) is 3.87. The molecule has 7 heteroatoms. The Labute approximate surface area is 130 Å². The molecule has 0 unspecified atom stereocenters. The number of aromatic nitrogens is 2. The molecule has 0 aliphatic heterocycles. The second-order valence-corrected chi connectivity index (χ2v) is 6.97. The Morgan fingerprint density at radius 1 is 1.40 bits per heavy atom. The van der Waals surface area contributed by atoms with E-state index in [4.69, 9.17) is 11.6 Å². The standard InChI is InChI=1S/C13H14ClN3OS2/c1-3-11-16-17-13(20-11)15-12(18)8(2)19-10-6-4-9(14)5-7-10/h4-8H,3H2,1-2H3,(H,15,17,18)/t8-/m0/s1. The van der Waals surface area contributed by atoms with Crippen LogP contribution in [0.3, 0.4) is 0 Å². The number of amides is 1. The minimum atomic E-state index is -0.217. The fourth-order valence-electron chi connectivity index (χ4n) is 1.42. The second-order valence-electron chi connectivity index (χ2n) is 4.06. The van der Waals surface area contributed by atoms with Crippen molar-refractivity contribution in [3.63, 3.8) is 0 Å². The molecule has 1 aromatic carbocycles. The van der Waals surface area contributed by atoms with Crippen molar-refractivity contribution in [3.8, 4) is 0 Å². The Morgan fingerprint density at radius 3 is 2.70 bits per heavy atom. The molecule has 0 aliphatic rings. The molecule has 0 spiro atoms. The molecule has 1 N–H and O–H groups in total. The van der Waals surface area contributed by atoms with Crippen molar-refractivity contribution in [3.05, 3.63) is 34.3 Å². The summed E-state index contributed by atoms with van der Waals surface area (Å²) in [4.78, 5) is 13.1. The molecular weight excluding hydrogens is 314 g/mol. The quantitative estimate of drug-likeness (QED) is 0.847. The van der Waals surface area contributed by atoms with Gasteiger partial charge in [-0.25, -0.2) is 0 Å². The Morgan fingerprint density at radius 2 is 2.10 bits per heavy atom. The predicted molar refractivity (Wildman–Crippen MR) is 84.7 cm³/mol. The van der Waals surface area contributed by atoms with Crippen LogP contribution in [0.5, 0.6) is 0 Å². The number of carbonyl (C=O) groups excluding carboxylic acids is 1. The van der Waals surface area contributed by atoms with Crippen LogP contribution in [0.2, 0.25) is 5.02 Å². The minimum absolute atomic E-state index is 0.0799. The molecule has 1 aromatic heterocycles. The van der Waals surface area contributed by atoms with E-state index in [1.54, 1.807) is 0 Å².